The molecule has 0 aliphatic carbocycles. The number of benzene rings is 1. The van der Waals surface area contributed by atoms with Crippen LogP contribution in [0.15, 0.2) is 29.2 Å². The molecule has 1 unspecified atom stereocenters. The van der Waals surface area contributed by atoms with Crippen molar-refractivity contribution in [2.45, 2.75) is 43.5 Å². The standard InChI is InChI=1S/C15H23NO4S/c1-2-20-14-7-9-15(10-8-14)21(18,19)16-11-5-3-4-6-13(16)12-17/h7-10,13,17H,2-6,11-12H2,1H3. The molecule has 118 valence electrons. The summed E-state index contributed by atoms with van der Waals surface area (Å²) in [7, 11) is -3.56. The lowest BCUT2D eigenvalue weighted by molar-refractivity contribution is 0.186. The first kappa shape index (κ1) is 16.3. The molecule has 0 radical (unpaired) electrons. The summed E-state index contributed by atoms with van der Waals surface area (Å²) < 4.78 is 32.3. The lowest BCUT2D eigenvalue weighted by atomic mass is 10.1. The first-order valence-corrected chi connectivity index (χ1v) is 8.89. The molecular weight excluding hydrogens is 290 g/mol. The largest absolute Gasteiger partial charge is 0.494 e. The molecule has 1 fully saturated rings. The fraction of sp³-hybridized carbons (Fsp3) is 0.600. The maximum Gasteiger partial charge on any atom is 0.243 e. The van der Waals surface area contributed by atoms with Crippen molar-refractivity contribution in [2.75, 3.05) is 19.8 Å². The number of ether oxygens (including phenoxy) is 1. The summed E-state index contributed by atoms with van der Waals surface area (Å²) in [6.45, 7) is 2.77. The highest BCUT2D eigenvalue weighted by Crippen LogP contribution is 2.25. The summed E-state index contributed by atoms with van der Waals surface area (Å²) in [5.74, 6) is 0.658. The van der Waals surface area contributed by atoms with Crippen molar-refractivity contribution in [3.8, 4) is 5.75 Å². The average molecular weight is 313 g/mol. The van der Waals surface area contributed by atoms with E-state index in [4.69, 9.17) is 4.74 Å². The monoisotopic (exact) mass is 313 g/mol. The van der Waals surface area contributed by atoms with E-state index in [9.17, 15) is 13.5 Å². The van der Waals surface area contributed by atoms with Crippen LogP contribution in [0.1, 0.15) is 32.6 Å². The van der Waals surface area contributed by atoms with Crippen molar-refractivity contribution in [3.63, 3.8) is 0 Å². The van der Waals surface area contributed by atoms with Crippen LogP contribution in [0.4, 0.5) is 0 Å². The highest BCUT2D eigenvalue weighted by molar-refractivity contribution is 7.89. The van der Waals surface area contributed by atoms with Gasteiger partial charge in [0, 0.05) is 12.6 Å². The second-order valence-corrected chi connectivity index (χ2v) is 7.10. The van der Waals surface area contributed by atoms with E-state index in [1.54, 1.807) is 24.3 Å². The number of hydrogen-bond donors (Lipinski definition) is 1. The fourth-order valence-corrected chi connectivity index (χ4v) is 4.34. The van der Waals surface area contributed by atoms with Crippen LogP contribution >= 0.6 is 0 Å². The quantitative estimate of drug-likeness (QED) is 0.903. The van der Waals surface area contributed by atoms with Gasteiger partial charge in [0.15, 0.2) is 0 Å². The van der Waals surface area contributed by atoms with Crippen LogP contribution in [-0.4, -0.2) is 43.6 Å². The van der Waals surface area contributed by atoms with Gasteiger partial charge in [0.25, 0.3) is 0 Å². The van der Waals surface area contributed by atoms with Gasteiger partial charge >= 0.3 is 0 Å². The van der Waals surface area contributed by atoms with Crippen molar-refractivity contribution in [3.05, 3.63) is 24.3 Å². The van der Waals surface area contributed by atoms with Gasteiger partial charge in [0.2, 0.25) is 10.0 Å². The Hall–Kier alpha value is -1.11. The van der Waals surface area contributed by atoms with E-state index < -0.39 is 10.0 Å². The minimum Gasteiger partial charge on any atom is -0.494 e. The van der Waals surface area contributed by atoms with Gasteiger partial charge in [0.1, 0.15) is 5.75 Å². The SMILES string of the molecule is CCOc1ccc(S(=O)(=O)N2CCCCCC2CO)cc1. The van der Waals surface area contributed by atoms with Crippen LogP contribution in [0.5, 0.6) is 5.75 Å². The third-order valence-electron chi connectivity index (χ3n) is 3.78. The van der Waals surface area contributed by atoms with Gasteiger partial charge in [-0.05, 0) is 44.0 Å². The van der Waals surface area contributed by atoms with E-state index in [2.05, 4.69) is 0 Å². The number of sulfonamides is 1. The molecule has 1 aliphatic heterocycles. The summed E-state index contributed by atoms with van der Waals surface area (Å²) in [4.78, 5) is 0.256. The van der Waals surface area contributed by atoms with E-state index >= 15 is 0 Å². The number of aliphatic hydroxyl groups is 1. The van der Waals surface area contributed by atoms with Crippen molar-refractivity contribution in [1.29, 1.82) is 0 Å². The van der Waals surface area contributed by atoms with Crippen LogP contribution in [0, 0.1) is 0 Å². The molecule has 1 aromatic carbocycles. The topological polar surface area (TPSA) is 66.8 Å². The molecule has 1 aliphatic rings. The van der Waals surface area contributed by atoms with E-state index in [-0.39, 0.29) is 17.5 Å². The average Bonchev–Trinajstić information content (AvgIpc) is 2.73. The van der Waals surface area contributed by atoms with E-state index in [1.165, 1.54) is 4.31 Å². The minimum absolute atomic E-state index is 0.129. The molecule has 1 atom stereocenters. The third kappa shape index (κ3) is 3.75. The molecule has 5 nitrogen and oxygen atoms in total. The molecule has 1 aromatic rings. The molecule has 1 N–H and O–H groups in total. The molecule has 0 bridgehead atoms. The van der Waals surface area contributed by atoms with Crippen LogP contribution in [0.2, 0.25) is 0 Å². The molecule has 1 saturated heterocycles. The number of rotatable bonds is 5. The first-order valence-electron chi connectivity index (χ1n) is 7.45. The lowest BCUT2D eigenvalue weighted by Gasteiger charge is -2.27. The Morgan fingerprint density at radius 1 is 1.24 bits per heavy atom. The molecular formula is C15H23NO4S. The van der Waals surface area contributed by atoms with Crippen LogP contribution in [-0.2, 0) is 10.0 Å². The summed E-state index contributed by atoms with van der Waals surface area (Å²) in [6.07, 6.45) is 3.52. The second-order valence-electron chi connectivity index (χ2n) is 5.21. The Balaban J connectivity index is 2.26. The van der Waals surface area contributed by atoms with E-state index in [1.807, 2.05) is 6.92 Å². The molecule has 0 amide bonds. The predicted octanol–water partition coefficient (Wildman–Crippen LogP) is 2.01. The third-order valence-corrected chi connectivity index (χ3v) is 5.74. The smallest absolute Gasteiger partial charge is 0.243 e. The Labute approximate surface area is 126 Å². The maximum atomic E-state index is 12.8. The normalized spacial score (nSPS) is 21.0. The van der Waals surface area contributed by atoms with Crippen molar-refractivity contribution in [1.82, 2.24) is 4.31 Å². The summed E-state index contributed by atoms with van der Waals surface area (Å²) in [5, 5.41) is 9.48. The number of hydrogen-bond acceptors (Lipinski definition) is 4. The van der Waals surface area contributed by atoms with Gasteiger partial charge in [-0.25, -0.2) is 8.42 Å². The number of aliphatic hydroxyl groups excluding tert-OH is 1. The minimum atomic E-state index is -3.56. The van der Waals surface area contributed by atoms with Crippen LogP contribution < -0.4 is 4.74 Å². The highest BCUT2D eigenvalue weighted by atomic mass is 32.2. The summed E-state index contributed by atoms with van der Waals surface area (Å²) in [5.41, 5.74) is 0. The molecule has 0 aromatic heterocycles. The Morgan fingerprint density at radius 2 is 1.95 bits per heavy atom. The molecule has 0 spiro atoms. The molecule has 0 saturated carbocycles. The summed E-state index contributed by atoms with van der Waals surface area (Å²) >= 11 is 0. The van der Waals surface area contributed by atoms with Gasteiger partial charge in [-0.15, -0.1) is 0 Å². The van der Waals surface area contributed by atoms with Crippen molar-refractivity contribution >= 4 is 10.0 Å². The lowest BCUT2D eigenvalue weighted by Crippen LogP contribution is -2.41. The zero-order chi connectivity index (χ0) is 15.3. The first-order chi connectivity index (χ1) is 10.1. The van der Waals surface area contributed by atoms with Crippen molar-refractivity contribution < 1.29 is 18.3 Å². The van der Waals surface area contributed by atoms with Gasteiger partial charge in [-0.3, -0.25) is 0 Å². The van der Waals surface area contributed by atoms with Gasteiger partial charge in [-0.1, -0.05) is 12.8 Å². The zero-order valence-electron chi connectivity index (χ0n) is 12.4. The summed E-state index contributed by atoms with van der Waals surface area (Å²) in [6, 6.07) is 6.16. The van der Waals surface area contributed by atoms with E-state index in [0.29, 0.717) is 25.3 Å². The van der Waals surface area contributed by atoms with E-state index in [0.717, 1.165) is 19.3 Å². The zero-order valence-corrected chi connectivity index (χ0v) is 13.2. The number of nitrogens with zero attached hydrogens (tertiary/aromatic N) is 1. The molecule has 1 heterocycles. The Kier molecular flexibility index (Phi) is 5.61. The van der Waals surface area contributed by atoms with Crippen LogP contribution in [0.25, 0.3) is 0 Å². The predicted molar refractivity (Wildman–Crippen MR) is 80.8 cm³/mol. The molecule has 6 heteroatoms. The van der Waals surface area contributed by atoms with Gasteiger partial charge in [0.05, 0.1) is 18.1 Å². The highest BCUT2D eigenvalue weighted by Gasteiger charge is 2.31. The van der Waals surface area contributed by atoms with Gasteiger partial charge < -0.3 is 9.84 Å². The Bertz CT molecular complexity index is 541. The molecule has 2 rings (SSSR count). The fourth-order valence-electron chi connectivity index (χ4n) is 2.66. The molecule has 21 heavy (non-hydrogen) atoms. The van der Waals surface area contributed by atoms with Crippen molar-refractivity contribution in [2.24, 2.45) is 0 Å². The maximum absolute atomic E-state index is 12.8. The van der Waals surface area contributed by atoms with Gasteiger partial charge in [-0.2, -0.15) is 4.31 Å². The van der Waals surface area contributed by atoms with Crippen LogP contribution in [0.3, 0.4) is 0 Å². The second kappa shape index (κ2) is 7.24. The Morgan fingerprint density at radius 3 is 2.57 bits per heavy atom.